The van der Waals surface area contributed by atoms with E-state index in [1.54, 1.807) is 18.4 Å². The van der Waals surface area contributed by atoms with Gasteiger partial charge in [-0.25, -0.2) is 15.0 Å². The molecular formula is C9H7N3O. The molecule has 0 aliphatic carbocycles. The van der Waals surface area contributed by atoms with E-state index in [9.17, 15) is 0 Å². The number of nitrogens with zero attached hydrogens (tertiary/aromatic N) is 3. The predicted molar refractivity (Wildman–Crippen MR) is 47.5 cm³/mol. The normalized spacial score (nSPS) is 10.8. The molecule has 2 aromatic heterocycles. The van der Waals surface area contributed by atoms with Gasteiger partial charge in [-0.2, -0.15) is 0 Å². The molecule has 0 fully saturated rings. The van der Waals surface area contributed by atoms with Gasteiger partial charge in [0, 0.05) is 0 Å². The van der Waals surface area contributed by atoms with E-state index in [1.165, 1.54) is 12.7 Å². The van der Waals surface area contributed by atoms with Gasteiger partial charge in [-0.1, -0.05) is 0 Å². The maximum Gasteiger partial charge on any atom is 0.155 e. The summed E-state index contributed by atoms with van der Waals surface area (Å²) in [5, 5.41) is 0. The first-order valence-electron chi connectivity index (χ1n) is 3.79. The summed E-state index contributed by atoms with van der Waals surface area (Å²) in [6.07, 6.45) is 8.09. The zero-order valence-electron chi connectivity index (χ0n) is 6.79. The maximum absolute atomic E-state index is 5.10. The Hall–Kier alpha value is -1.97. The molecule has 2 aromatic rings. The number of aromatic nitrogens is 3. The van der Waals surface area contributed by atoms with Crippen LogP contribution in [-0.4, -0.2) is 15.0 Å². The molecule has 64 valence electrons. The molecule has 0 saturated carbocycles. The third-order valence-corrected chi connectivity index (χ3v) is 1.45. The molecule has 2 heterocycles. The fraction of sp³-hybridized carbons (Fsp3) is 0. The van der Waals surface area contributed by atoms with Crippen LogP contribution in [0.2, 0.25) is 0 Å². The van der Waals surface area contributed by atoms with E-state index in [0.29, 0.717) is 5.82 Å². The van der Waals surface area contributed by atoms with Crippen molar-refractivity contribution in [2.24, 2.45) is 0 Å². The van der Waals surface area contributed by atoms with E-state index in [4.69, 9.17) is 4.42 Å². The molecule has 0 atom stereocenters. The third-order valence-electron chi connectivity index (χ3n) is 1.45. The van der Waals surface area contributed by atoms with Gasteiger partial charge in [-0.15, -0.1) is 0 Å². The number of hydrogen-bond donors (Lipinski definition) is 0. The molecule has 13 heavy (non-hydrogen) atoms. The van der Waals surface area contributed by atoms with Crippen LogP contribution in [0.5, 0.6) is 0 Å². The number of hydrogen-bond acceptors (Lipinski definition) is 4. The molecule has 0 aromatic carbocycles. The van der Waals surface area contributed by atoms with E-state index in [2.05, 4.69) is 15.0 Å². The Morgan fingerprint density at radius 1 is 1.15 bits per heavy atom. The van der Waals surface area contributed by atoms with Gasteiger partial charge in [0.1, 0.15) is 18.4 Å². The first-order chi connectivity index (χ1) is 6.45. The van der Waals surface area contributed by atoms with E-state index in [0.717, 1.165) is 5.76 Å². The zero-order valence-corrected chi connectivity index (χ0v) is 6.79. The van der Waals surface area contributed by atoms with Gasteiger partial charge in [-0.3, -0.25) is 0 Å². The molecule has 0 bridgehead atoms. The molecule has 2 rings (SSSR count). The molecule has 0 N–H and O–H groups in total. The quantitative estimate of drug-likeness (QED) is 0.692. The van der Waals surface area contributed by atoms with Crippen molar-refractivity contribution in [3.05, 3.63) is 42.6 Å². The summed E-state index contributed by atoms with van der Waals surface area (Å²) in [7, 11) is 0. The third kappa shape index (κ3) is 1.99. The van der Waals surface area contributed by atoms with Gasteiger partial charge in [0.05, 0.1) is 6.26 Å². The van der Waals surface area contributed by atoms with Gasteiger partial charge < -0.3 is 4.42 Å². The predicted octanol–water partition coefficient (Wildman–Crippen LogP) is 1.63. The second-order valence-corrected chi connectivity index (χ2v) is 2.35. The van der Waals surface area contributed by atoms with Crippen LogP contribution in [0.4, 0.5) is 0 Å². The summed E-state index contributed by atoms with van der Waals surface area (Å²) in [6.45, 7) is 0. The molecule has 0 radical (unpaired) electrons. The van der Waals surface area contributed by atoms with Crippen LogP contribution in [0.1, 0.15) is 11.6 Å². The first-order valence-corrected chi connectivity index (χ1v) is 3.79. The highest BCUT2D eigenvalue weighted by molar-refractivity contribution is 5.63. The largest absolute Gasteiger partial charge is 0.465 e. The van der Waals surface area contributed by atoms with Crippen LogP contribution in [-0.2, 0) is 0 Å². The molecule has 0 saturated heterocycles. The molecular weight excluding hydrogens is 166 g/mol. The van der Waals surface area contributed by atoms with Crippen LogP contribution < -0.4 is 0 Å². The van der Waals surface area contributed by atoms with Crippen molar-refractivity contribution in [3.8, 4) is 0 Å². The fourth-order valence-electron chi connectivity index (χ4n) is 0.877. The minimum atomic E-state index is 0.617. The minimum absolute atomic E-state index is 0.617. The highest BCUT2D eigenvalue weighted by Gasteiger charge is 1.89. The van der Waals surface area contributed by atoms with Gasteiger partial charge >= 0.3 is 0 Å². The average Bonchev–Trinajstić information content (AvgIpc) is 2.69. The van der Waals surface area contributed by atoms with Gasteiger partial charge in [0.25, 0.3) is 0 Å². The Balaban J connectivity index is 2.15. The standard InChI is InChI=1S/C9H7N3O/c1-2-8(13-5-1)3-4-9-11-6-10-7-12-9/h1-7H. The van der Waals surface area contributed by atoms with Crippen LogP contribution in [0.3, 0.4) is 0 Å². The van der Waals surface area contributed by atoms with Crippen molar-refractivity contribution in [3.63, 3.8) is 0 Å². The summed E-state index contributed by atoms with van der Waals surface area (Å²) in [6, 6.07) is 3.69. The Bertz CT molecular complexity index is 381. The van der Waals surface area contributed by atoms with E-state index in [1.807, 2.05) is 12.1 Å². The van der Waals surface area contributed by atoms with E-state index in [-0.39, 0.29) is 0 Å². The lowest BCUT2D eigenvalue weighted by Gasteiger charge is -1.87. The monoisotopic (exact) mass is 173 g/mol. The molecule has 4 nitrogen and oxygen atoms in total. The smallest absolute Gasteiger partial charge is 0.155 e. The zero-order chi connectivity index (χ0) is 8.93. The van der Waals surface area contributed by atoms with Crippen molar-refractivity contribution < 1.29 is 4.42 Å². The molecule has 0 aliphatic rings. The topological polar surface area (TPSA) is 51.8 Å². The second kappa shape index (κ2) is 3.62. The van der Waals surface area contributed by atoms with E-state index >= 15 is 0 Å². The summed E-state index contributed by atoms with van der Waals surface area (Å²) < 4.78 is 5.10. The molecule has 0 unspecified atom stereocenters. The molecule has 4 heteroatoms. The molecule has 0 spiro atoms. The number of rotatable bonds is 2. The maximum atomic E-state index is 5.10. The van der Waals surface area contributed by atoms with Gasteiger partial charge in [0.2, 0.25) is 0 Å². The lowest BCUT2D eigenvalue weighted by molar-refractivity contribution is 0.557. The molecule has 0 aliphatic heterocycles. The second-order valence-electron chi connectivity index (χ2n) is 2.35. The van der Waals surface area contributed by atoms with Crippen molar-refractivity contribution in [1.29, 1.82) is 0 Å². The highest BCUT2D eigenvalue weighted by atomic mass is 16.3. The lowest BCUT2D eigenvalue weighted by Crippen LogP contribution is -1.85. The highest BCUT2D eigenvalue weighted by Crippen LogP contribution is 2.04. The lowest BCUT2D eigenvalue weighted by atomic mass is 10.4. The van der Waals surface area contributed by atoms with Crippen LogP contribution in [0.25, 0.3) is 12.2 Å². The van der Waals surface area contributed by atoms with Gasteiger partial charge in [-0.05, 0) is 24.3 Å². The SMILES string of the molecule is C(=Cc1ccco1)c1ncncn1. The summed E-state index contributed by atoms with van der Waals surface area (Å²) >= 11 is 0. The average molecular weight is 173 g/mol. The van der Waals surface area contributed by atoms with Crippen molar-refractivity contribution in [1.82, 2.24) is 15.0 Å². The molecule has 0 amide bonds. The van der Waals surface area contributed by atoms with Crippen molar-refractivity contribution in [2.45, 2.75) is 0 Å². The fourth-order valence-corrected chi connectivity index (χ4v) is 0.877. The van der Waals surface area contributed by atoms with E-state index < -0.39 is 0 Å². The Morgan fingerprint density at radius 2 is 2.00 bits per heavy atom. The minimum Gasteiger partial charge on any atom is -0.465 e. The first kappa shape index (κ1) is 7.67. The van der Waals surface area contributed by atoms with Crippen LogP contribution in [0.15, 0.2) is 35.5 Å². The summed E-state index contributed by atoms with van der Waals surface area (Å²) in [5.74, 6) is 1.40. The Labute approximate surface area is 75.0 Å². The summed E-state index contributed by atoms with van der Waals surface area (Å²) in [5.41, 5.74) is 0. The number of furan rings is 1. The van der Waals surface area contributed by atoms with Crippen molar-refractivity contribution in [2.75, 3.05) is 0 Å². The summed E-state index contributed by atoms with van der Waals surface area (Å²) in [4.78, 5) is 11.6. The Kier molecular flexibility index (Phi) is 2.14. The van der Waals surface area contributed by atoms with Crippen molar-refractivity contribution >= 4 is 12.2 Å². The van der Waals surface area contributed by atoms with Crippen LogP contribution in [0, 0.1) is 0 Å². The Morgan fingerprint density at radius 3 is 2.69 bits per heavy atom. The van der Waals surface area contributed by atoms with Gasteiger partial charge in [0.15, 0.2) is 5.82 Å². The van der Waals surface area contributed by atoms with Crippen LogP contribution >= 0.6 is 0 Å².